The predicted molar refractivity (Wildman–Crippen MR) is 114 cm³/mol. The molecule has 0 unspecified atom stereocenters. The summed E-state index contributed by atoms with van der Waals surface area (Å²) < 4.78 is 8.31. The molecule has 144 valence electrons. The van der Waals surface area contributed by atoms with E-state index in [1.165, 1.54) is 11.8 Å². The zero-order valence-electron chi connectivity index (χ0n) is 15.1. The summed E-state index contributed by atoms with van der Waals surface area (Å²) in [5.74, 6) is 0.223. The van der Waals surface area contributed by atoms with Crippen LogP contribution in [0.15, 0.2) is 63.0 Å². The van der Waals surface area contributed by atoms with Gasteiger partial charge >= 0.3 is 0 Å². The second-order valence-corrected chi connectivity index (χ2v) is 8.54. The molecule has 0 radical (unpaired) electrons. The number of hydrogen-bond acceptors (Lipinski definition) is 5. The lowest BCUT2D eigenvalue weighted by Crippen LogP contribution is -2.29. The Morgan fingerprint density at radius 3 is 2.75 bits per heavy atom. The number of carbonyl (C=O) groups is 1. The van der Waals surface area contributed by atoms with Gasteiger partial charge < -0.3 is 4.74 Å². The van der Waals surface area contributed by atoms with Gasteiger partial charge in [-0.15, -0.1) is 0 Å². The van der Waals surface area contributed by atoms with E-state index in [9.17, 15) is 9.59 Å². The molecule has 5 nitrogen and oxygen atoms in total. The molecule has 0 bridgehead atoms. The summed E-state index contributed by atoms with van der Waals surface area (Å²) in [6, 6.07) is 14.6. The summed E-state index contributed by atoms with van der Waals surface area (Å²) >= 11 is 4.68. The number of aromatic nitrogens is 2. The van der Waals surface area contributed by atoms with Gasteiger partial charge in [0.15, 0.2) is 10.9 Å². The van der Waals surface area contributed by atoms with E-state index < -0.39 is 0 Å². The number of hydrogen-bond donors (Lipinski definition) is 0. The molecule has 1 fully saturated rings. The molecule has 2 aromatic carbocycles. The van der Waals surface area contributed by atoms with Crippen molar-refractivity contribution in [2.45, 2.75) is 30.6 Å². The Balaban J connectivity index is 1.63. The van der Waals surface area contributed by atoms with Gasteiger partial charge in [0, 0.05) is 16.6 Å². The van der Waals surface area contributed by atoms with Crippen molar-refractivity contribution in [3.8, 4) is 0 Å². The van der Waals surface area contributed by atoms with Gasteiger partial charge in [0.25, 0.3) is 5.56 Å². The minimum Gasteiger partial charge on any atom is -0.376 e. The van der Waals surface area contributed by atoms with Crippen LogP contribution in [0.5, 0.6) is 0 Å². The maximum absolute atomic E-state index is 13.1. The summed E-state index contributed by atoms with van der Waals surface area (Å²) in [4.78, 5) is 30.3. The third-order valence-electron chi connectivity index (χ3n) is 4.74. The number of carbonyl (C=O) groups excluding carboxylic acids is 1. The molecule has 1 saturated heterocycles. The highest BCUT2D eigenvalue weighted by Crippen LogP contribution is 2.22. The van der Waals surface area contributed by atoms with Gasteiger partial charge in [0.1, 0.15) is 0 Å². The van der Waals surface area contributed by atoms with Gasteiger partial charge in [-0.3, -0.25) is 14.2 Å². The Kier molecular flexibility index (Phi) is 5.94. The molecule has 0 N–H and O–H groups in total. The van der Waals surface area contributed by atoms with Crippen LogP contribution in [-0.2, 0) is 11.3 Å². The van der Waals surface area contributed by atoms with Crippen LogP contribution in [0.25, 0.3) is 10.9 Å². The number of Topliss-reactive ketones (excluding diaryl/α,β-unsaturated/α-hetero) is 1. The first-order valence-electron chi connectivity index (χ1n) is 9.14. The molecule has 3 aromatic rings. The Hall–Kier alpha value is -1.96. The molecule has 4 rings (SSSR count). The number of nitrogens with zero attached hydrogens (tertiary/aromatic N) is 2. The van der Waals surface area contributed by atoms with E-state index in [1.807, 2.05) is 30.3 Å². The minimum absolute atomic E-state index is 0.00331. The highest BCUT2D eigenvalue weighted by Gasteiger charge is 2.20. The molecule has 1 aliphatic heterocycles. The summed E-state index contributed by atoms with van der Waals surface area (Å²) in [7, 11) is 0. The second kappa shape index (κ2) is 8.59. The van der Waals surface area contributed by atoms with Gasteiger partial charge in [-0.25, -0.2) is 4.98 Å². The highest BCUT2D eigenvalue weighted by molar-refractivity contribution is 9.10. The van der Waals surface area contributed by atoms with Crippen LogP contribution >= 0.6 is 27.7 Å². The zero-order valence-corrected chi connectivity index (χ0v) is 17.5. The lowest BCUT2D eigenvalue weighted by atomic mass is 10.2. The number of ketones is 1. The monoisotopic (exact) mass is 458 g/mol. The van der Waals surface area contributed by atoms with Crippen molar-refractivity contribution in [1.29, 1.82) is 0 Å². The first-order valence-corrected chi connectivity index (χ1v) is 10.9. The van der Waals surface area contributed by atoms with E-state index in [4.69, 9.17) is 4.74 Å². The average molecular weight is 459 g/mol. The third-order valence-corrected chi connectivity index (χ3v) is 6.24. The van der Waals surface area contributed by atoms with Crippen LogP contribution in [0.1, 0.15) is 23.2 Å². The summed E-state index contributed by atoms with van der Waals surface area (Å²) in [6.45, 7) is 1.19. The Labute approximate surface area is 175 Å². The zero-order chi connectivity index (χ0) is 19.5. The van der Waals surface area contributed by atoms with E-state index in [-0.39, 0.29) is 23.2 Å². The Bertz CT molecular complexity index is 1060. The lowest BCUT2D eigenvalue weighted by Gasteiger charge is -2.16. The second-order valence-electron chi connectivity index (χ2n) is 6.68. The number of fused-ring (bicyclic) bond motifs is 1. The van der Waals surface area contributed by atoms with Crippen LogP contribution in [-0.4, -0.2) is 33.8 Å². The first-order chi connectivity index (χ1) is 13.6. The highest BCUT2D eigenvalue weighted by atomic mass is 79.9. The average Bonchev–Trinajstić information content (AvgIpc) is 3.22. The molecule has 0 spiro atoms. The molecule has 7 heteroatoms. The standard InChI is InChI=1S/C21H19BrN2O3S/c22-15-9-7-14(8-10-15)19(25)13-28-21-23-18-6-2-1-5-17(18)20(26)24(21)12-16-4-3-11-27-16/h1-2,5-10,16H,3-4,11-13H2/t16-/m1/s1. The molecule has 1 atom stereocenters. The maximum Gasteiger partial charge on any atom is 0.262 e. The molecule has 0 aliphatic carbocycles. The van der Waals surface area contributed by atoms with Gasteiger partial charge in [-0.05, 0) is 37.1 Å². The fourth-order valence-electron chi connectivity index (χ4n) is 3.26. The van der Waals surface area contributed by atoms with Crippen molar-refractivity contribution in [2.24, 2.45) is 0 Å². The van der Waals surface area contributed by atoms with E-state index in [2.05, 4.69) is 20.9 Å². The number of halogens is 1. The van der Waals surface area contributed by atoms with Crippen molar-refractivity contribution < 1.29 is 9.53 Å². The summed E-state index contributed by atoms with van der Waals surface area (Å²) in [5, 5.41) is 1.15. The van der Waals surface area contributed by atoms with Crippen molar-refractivity contribution in [2.75, 3.05) is 12.4 Å². The number of benzene rings is 2. The van der Waals surface area contributed by atoms with E-state index >= 15 is 0 Å². The van der Waals surface area contributed by atoms with Gasteiger partial charge in [-0.1, -0.05) is 52.0 Å². The topological polar surface area (TPSA) is 61.2 Å². The molecule has 1 aromatic heterocycles. The molecular formula is C21H19BrN2O3S. The van der Waals surface area contributed by atoms with Crippen LogP contribution in [0.2, 0.25) is 0 Å². The third kappa shape index (κ3) is 4.21. The fraction of sp³-hybridized carbons (Fsp3) is 0.286. The number of para-hydroxylation sites is 1. The van der Waals surface area contributed by atoms with Gasteiger partial charge in [0.05, 0.1) is 29.3 Å². The molecule has 1 aliphatic rings. The van der Waals surface area contributed by atoms with Crippen LogP contribution < -0.4 is 5.56 Å². The predicted octanol–water partition coefficient (Wildman–Crippen LogP) is 4.31. The summed E-state index contributed by atoms with van der Waals surface area (Å²) in [6.07, 6.45) is 1.95. The maximum atomic E-state index is 13.1. The van der Waals surface area contributed by atoms with Crippen molar-refractivity contribution in [3.63, 3.8) is 0 Å². The normalized spacial score (nSPS) is 16.5. The Morgan fingerprint density at radius 2 is 2.00 bits per heavy atom. The summed E-state index contributed by atoms with van der Waals surface area (Å²) in [5.41, 5.74) is 1.21. The number of ether oxygens (including phenoxy) is 1. The van der Waals surface area contributed by atoms with Crippen LogP contribution in [0.3, 0.4) is 0 Å². The smallest absolute Gasteiger partial charge is 0.262 e. The molecule has 28 heavy (non-hydrogen) atoms. The molecule has 2 heterocycles. The van der Waals surface area contributed by atoms with E-state index in [0.717, 1.165) is 23.9 Å². The number of rotatable bonds is 6. The SMILES string of the molecule is O=C(CSc1nc2ccccc2c(=O)n1C[C@H]1CCCO1)c1ccc(Br)cc1. The number of thioether (sulfide) groups is 1. The van der Waals surface area contributed by atoms with Crippen molar-refractivity contribution in [1.82, 2.24) is 9.55 Å². The van der Waals surface area contributed by atoms with Gasteiger partial charge in [0.2, 0.25) is 0 Å². The van der Waals surface area contributed by atoms with E-state index in [1.54, 1.807) is 22.8 Å². The minimum atomic E-state index is -0.0836. The van der Waals surface area contributed by atoms with E-state index in [0.29, 0.717) is 28.2 Å². The van der Waals surface area contributed by atoms with Crippen molar-refractivity contribution >= 4 is 44.4 Å². The lowest BCUT2D eigenvalue weighted by molar-refractivity contribution is 0.0937. The van der Waals surface area contributed by atoms with Gasteiger partial charge in [-0.2, -0.15) is 0 Å². The largest absolute Gasteiger partial charge is 0.376 e. The van der Waals surface area contributed by atoms with Crippen molar-refractivity contribution in [3.05, 3.63) is 68.9 Å². The fourth-order valence-corrected chi connectivity index (χ4v) is 4.43. The quantitative estimate of drug-likeness (QED) is 0.312. The Morgan fingerprint density at radius 1 is 1.21 bits per heavy atom. The first kappa shape index (κ1) is 19.4. The molecule has 0 amide bonds. The van der Waals surface area contributed by atoms with Crippen LogP contribution in [0, 0.1) is 0 Å². The molecule has 0 saturated carbocycles. The van der Waals surface area contributed by atoms with Crippen LogP contribution in [0.4, 0.5) is 0 Å². The molecular weight excluding hydrogens is 440 g/mol.